The monoisotopic (exact) mass is 316 g/mol. The maximum atomic E-state index is 12.4. The van der Waals surface area contributed by atoms with Crippen LogP contribution in [0.3, 0.4) is 0 Å². The molecule has 0 radical (unpaired) electrons. The molecule has 20 heavy (non-hydrogen) atoms. The van der Waals surface area contributed by atoms with Crippen molar-refractivity contribution in [3.8, 4) is 6.07 Å². The van der Waals surface area contributed by atoms with Crippen molar-refractivity contribution in [1.29, 1.82) is 5.26 Å². The van der Waals surface area contributed by atoms with E-state index in [1.54, 1.807) is 13.8 Å². The SMILES string of the molecule is CC(C)(O)C(C)(C)NS(=O)(=O)c1cc(Cl)ccc1C#N. The minimum atomic E-state index is -3.98. The Morgan fingerprint density at radius 2 is 1.85 bits per heavy atom. The first-order valence-electron chi connectivity index (χ1n) is 5.87. The molecular formula is C13H17ClN2O3S. The van der Waals surface area contributed by atoms with Gasteiger partial charge in [0.1, 0.15) is 11.0 Å². The summed E-state index contributed by atoms with van der Waals surface area (Å²) in [6.45, 7) is 6.11. The van der Waals surface area contributed by atoms with Gasteiger partial charge in [-0.3, -0.25) is 0 Å². The lowest BCUT2D eigenvalue weighted by molar-refractivity contribution is 0.00638. The van der Waals surface area contributed by atoms with Gasteiger partial charge < -0.3 is 5.11 Å². The van der Waals surface area contributed by atoms with Crippen molar-refractivity contribution in [2.24, 2.45) is 0 Å². The number of nitrogens with zero attached hydrogens (tertiary/aromatic N) is 1. The van der Waals surface area contributed by atoms with Gasteiger partial charge in [0, 0.05) is 5.02 Å². The number of sulfonamides is 1. The lowest BCUT2D eigenvalue weighted by Gasteiger charge is -2.37. The highest BCUT2D eigenvalue weighted by atomic mass is 35.5. The summed E-state index contributed by atoms with van der Waals surface area (Å²) in [4.78, 5) is -0.204. The fourth-order valence-electron chi connectivity index (χ4n) is 1.33. The molecule has 0 fully saturated rings. The number of nitriles is 1. The van der Waals surface area contributed by atoms with Crippen LogP contribution in [-0.4, -0.2) is 24.7 Å². The second-order valence-electron chi connectivity index (χ2n) is 5.54. The summed E-state index contributed by atoms with van der Waals surface area (Å²) < 4.78 is 27.2. The summed E-state index contributed by atoms with van der Waals surface area (Å²) in [5.74, 6) is 0. The van der Waals surface area contributed by atoms with Crippen LogP contribution in [0, 0.1) is 11.3 Å². The molecule has 5 nitrogen and oxygen atoms in total. The van der Waals surface area contributed by atoms with Crippen molar-refractivity contribution in [2.75, 3.05) is 0 Å². The van der Waals surface area contributed by atoms with Gasteiger partial charge in [-0.1, -0.05) is 11.6 Å². The van der Waals surface area contributed by atoms with Crippen molar-refractivity contribution in [3.63, 3.8) is 0 Å². The summed E-state index contributed by atoms with van der Waals surface area (Å²) in [6, 6.07) is 5.81. The molecule has 0 aliphatic rings. The van der Waals surface area contributed by atoms with Crippen LogP contribution in [0.4, 0.5) is 0 Å². The van der Waals surface area contributed by atoms with E-state index in [4.69, 9.17) is 16.9 Å². The molecule has 0 aliphatic heterocycles. The number of aliphatic hydroxyl groups is 1. The average Bonchev–Trinajstić information content (AvgIpc) is 2.26. The zero-order valence-corrected chi connectivity index (χ0v) is 13.3. The lowest BCUT2D eigenvalue weighted by Crippen LogP contribution is -2.57. The average molecular weight is 317 g/mol. The second kappa shape index (κ2) is 5.34. The molecule has 1 aromatic rings. The third kappa shape index (κ3) is 3.49. The molecule has 0 amide bonds. The molecule has 1 rings (SSSR count). The zero-order chi connectivity index (χ0) is 15.8. The molecule has 7 heteroatoms. The predicted molar refractivity (Wildman–Crippen MR) is 76.9 cm³/mol. The first-order valence-corrected chi connectivity index (χ1v) is 7.73. The Kier molecular flexibility index (Phi) is 4.52. The minimum absolute atomic E-state index is 0.00607. The molecule has 0 unspecified atom stereocenters. The number of benzene rings is 1. The van der Waals surface area contributed by atoms with E-state index in [1.165, 1.54) is 32.0 Å². The molecule has 0 atom stereocenters. The zero-order valence-electron chi connectivity index (χ0n) is 11.7. The summed E-state index contributed by atoms with van der Waals surface area (Å²) in [6.07, 6.45) is 0. The van der Waals surface area contributed by atoms with Gasteiger partial charge in [0.15, 0.2) is 0 Å². The molecule has 0 saturated heterocycles. The first kappa shape index (κ1) is 16.9. The van der Waals surface area contributed by atoms with Crippen LogP contribution in [0.2, 0.25) is 5.02 Å². The third-order valence-electron chi connectivity index (χ3n) is 3.27. The lowest BCUT2D eigenvalue weighted by atomic mass is 9.87. The van der Waals surface area contributed by atoms with Gasteiger partial charge in [-0.2, -0.15) is 5.26 Å². The quantitative estimate of drug-likeness (QED) is 0.889. The van der Waals surface area contributed by atoms with Crippen LogP contribution in [0.5, 0.6) is 0 Å². The molecule has 0 heterocycles. The fourth-order valence-corrected chi connectivity index (χ4v) is 3.28. The Labute approximate surface area is 124 Å². The van der Waals surface area contributed by atoms with E-state index in [1.807, 2.05) is 6.07 Å². The van der Waals surface area contributed by atoms with E-state index < -0.39 is 21.2 Å². The van der Waals surface area contributed by atoms with Crippen molar-refractivity contribution in [1.82, 2.24) is 4.72 Å². The maximum Gasteiger partial charge on any atom is 0.242 e. The van der Waals surface area contributed by atoms with E-state index in [-0.39, 0.29) is 15.5 Å². The number of rotatable bonds is 4. The molecular weight excluding hydrogens is 300 g/mol. The van der Waals surface area contributed by atoms with Crippen molar-refractivity contribution < 1.29 is 13.5 Å². The van der Waals surface area contributed by atoms with E-state index in [0.717, 1.165) is 0 Å². The van der Waals surface area contributed by atoms with Gasteiger partial charge in [0.25, 0.3) is 0 Å². The van der Waals surface area contributed by atoms with E-state index in [0.29, 0.717) is 0 Å². The van der Waals surface area contributed by atoms with Crippen LogP contribution in [-0.2, 0) is 10.0 Å². The first-order chi connectivity index (χ1) is 8.90. The number of halogens is 1. The summed E-state index contributed by atoms with van der Waals surface area (Å²) >= 11 is 5.79. The van der Waals surface area contributed by atoms with Gasteiger partial charge in [0.2, 0.25) is 10.0 Å². The number of hydrogen-bond donors (Lipinski definition) is 2. The Morgan fingerprint density at radius 3 is 2.30 bits per heavy atom. The second-order valence-corrected chi connectivity index (χ2v) is 7.63. The highest BCUT2D eigenvalue weighted by molar-refractivity contribution is 7.89. The summed E-state index contributed by atoms with van der Waals surface area (Å²) in [7, 11) is -3.98. The Hall–Kier alpha value is -1.13. The number of hydrogen-bond acceptors (Lipinski definition) is 4. The van der Waals surface area contributed by atoms with Crippen LogP contribution in [0.1, 0.15) is 33.3 Å². The normalized spacial score (nSPS) is 13.1. The summed E-state index contributed by atoms with van der Waals surface area (Å²) in [5.41, 5.74) is -2.42. The molecule has 0 spiro atoms. The smallest absolute Gasteiger partial charge is 0.242 e. The standard InChI is InChI=1S/C13H17ClN2O3S/c1-12(2,13(3,4)17)16-20(18,19)11-7-10(14)6-5-9(11)8-15/h5-7,16-17H,1-4H3. The summed E-state index contributed by atoms with van der Waals surface area (Å²) in [5, 5.41) is 19.2. The topological polar surface area (TPSA) is 90.2 Å². The Morgan fingerprint density at radius 1 is 1.30 bits per heavy atom. The highest BCUT2D eigenvalue weighted by Crippen LogP contribution is 2.26. The van der Waals surface area contributed by atoms with Crippen LogP contribution in [0.25, 0.3) is 0 Å². The molecule has 2 N–H and O–H groups in total. The van der Waals surface area contributed by atoms with Crippen molar-refractivity contribution in [3.05, 3.63) is 28.8 Å². The number of nitrogens with one attached hydrogen (secondary N) is 1. The Bertz CT molecular complexity index is 655. The third-order valence-corrected chi connectivity index (χ3v) is 5.20. The van der Waals surface area contributed by atoms with E-state index >= 15 is 0 Å². The van der Waals surface area contributed by atoms with Crippen LogP contribution >= 0.6 is 11.6 Å². The molecule has 0 aliphatic carbocycles. The maximum absolute atomic E-state index is 12.4. The van der Waals surface area contributed by atoms with Gasteiger partial charge in [-0.15, -0.1) is 0 Å². The largest absolute Gasteiger partial charge is 0.389 e. The van der Waals surface area contributed by atoms with Crippen LogP contribution < -0.4 is 4.72 Å². The molecule has 0 bridgehead atoms. The highest BCUT2D eigenvalue weighted by Gasteiger charge is 2.39. The van der Waals surface area contributed by atoms with Gasteiger partial charge in [-0.05, 0) is 45.9 Å². The fraction of sp³-hybridized carbons (Fsp3) is 0.462. The van der Waals surface area contributed by atoms with E-state index in [9.17, 15) is 13.5 Å². The van der Waals surface area contributed by atoms with Gasteiger partial charge in [0.05, 0.1) is 16.7 Å². The molecule has 110 valence electrons. The van der Waals surface area contributed by atoms with Crippen molar-refractivity contribution >= 4 is 21.6 Å². The molecule has 0 saturated carbocycles. The predicted octanol–water partition coefficient (Wildman–Crippen LogP) is 2.04. The van der Waals surface area contributed by atoms with E-state index in [2.05, 4.69) is 4.72 Å². The van der Waals surface area contributed by atoms with Crippen LogP contribution in [0.15, 0.2) is 23.1 Å². The van der Waals surface area contributed by atoms with Crippen molar-refractivity contribution in [2.45, 2.75) is 43.7 Å². The Balaban J connectivity index is 3.33. The van der Waals surface area contributed by atoms with Gasteiger partial charge >= 0.3 is 0 Å². The minimum Gasteiger partial charge on any atom is -0.389 e. The molecule has 0 aromatic heterocycles. The molecule has 1 aromatic carbocycles. The van der Waals surface area contributed by atoms with Gasteiger partial charge in [-0.25, -0.2) is 13.1 Å².